The van der Waals surface area contributed by atoms with Gasteiger partial charge >= 0.3 is 18.0 Å². The number of benzene rings is 4. The number of aromatic amines is 1. The van der Waals surface area contributed by atoms with Crippen LogP contribution in [0.25, 0.3) is 22.0 Å². The number of alkyl carbamates (subject to hydrolysis) is 1. The molecule has 0 fully saturated rings. The number of H-pyrrole nitrogens is 1. The number of carbonyl (C=O) groups is 6. The summed E-state index contributed by atoms with van der Waals surface area (Å²) in [6, 6.07) is 23.6. The van der Waals surface area contributed by atoms with Crippen LogP contribution in [0.4, 0.5) is 4.79 Å². The molecule has 0 unspecified atom stereocenters. The highest BCUT2D eigenvalue weighted by molar-refractivity contribution is 5.95. The molecular weight excluding hydrogens is 873 g/mol. The standard InChI is InChI=1S/C50H58N8O10/c1-50(2,3)68-47(65)42(25-29-18-20-31(59)21-19-29)57-44(62)39(17-10-24-53-48(51)52)55-45(63)40(22-23-43(60)61)56-46(64)41(26-30-27-54-38-16-9-8-11-32(30)38)58-49(66)67-28-37-35-14-6-4-12-33(35)34-13-5-7-15-36(34)37/h4-9,11-16,18-21,27,37,39-42,54,59H,10,17,22-26,28H2,1-3H3,(H,55,63)(H,56,64)(H,57,62)(H,58,66)(H,60,61)(H4,51,52,53)/t39-,40-,41-,42-/m0/s1. The molecule has 4 aromatic carbocycles. The number of carbonyl (C=O) groups excluding carboxylic acids is 5. The van der Waals surface area contributed by atoms with Crippen molar-refractivity contribution in [1.29, 1.82) is 0 Å². The normalized spacial score (nSPS) is 13.7. The molecule has 0 bridgehead atoms. The van der Waals surface area contributed by atoms with Gasteiger partial charge in [-0.25, -0.2) is 9.59 Å². The Morgan fingerprint density at radius 1 is 0.721 bits per heavy atom. The van der Waals surface area contributed by atoms with E-state index in [9.17, 15) is 39.0 Å². The van der Waals surface area contributed by atoms with Gasteiger partial charge in [-0.05, 0) is 91.6 Å². The van der Waals surface area contributed by atoms with Crippen molar-refractivity contribution in [2.45, 2.75) is 95.0 Å². The van der Waals surface area contributed by atoms with Crippen LogP contribution < -0.4 is 32.7 Å². The molecule has 0 saturated carbocycles. The molecule has 0 saturated heterocycles. The van der Waals surface area contributed by atoms with Crippen molar-refractivity contribution >= 4 is 52.6 Å². The number of phenols is 1. The molecule has 0 radical (unpaired) electrons. The van der Waals surface area contributed by atoms with E-state index in [0.717, 1.165) is 33.2 Å². The largest absolute Gasteiger partial charge is 0.508 e. The van der Waals surface area contributed by atoms with E-state index in [2.05, 4.69) is 31.2 Å². The number of fused-ring (bicyclic) bond motifs is 4. The number of amides is 4. The summed E-state index contributed by atoms with van der Waals surface area (Å²) >= 11 is 0. The zero-order valence-corrected chi connectivity index (χ0v) is 38.1. The summed E-state index contributed by atoms with van der Waals surface area (Å²) in [5.74, 6) is -5.03. The Kier molecular flexibility index (Phi) is 16.4. The van der Waals surface area contributed by atoms with Gasteiger partial charge in [-0.15, -0.1) is 0 Å². The number of aliphatic carboxylic acids is 1. The number of guanidine groups is 1. The Balaban J connectivity index is 1.23. The number of hydrogen-bond acceptors (Lipinski definition) is 10. The third kappa shape index (κ3) is 13.6. The fraction of sp³-hybridized carbons (Fsp3) is 0.340. The number of nitrogens with one attached hydrogen (secondary N) is 5. The minimum absolute atomic E-state index is 0.00278. The van der Waals surface area contributed by atoms with Crippen LogP contribution in [-0.2, 0) is 46.3 Å². The second-order valence-electron chi connectivity index (χ2n) is 17.6. The summed E-state index contributed by atoms with van der Waals surface area (Å²) < 4.78 is 11.4. The molecule has 18 heteroatoms. The van der Waals surface area contributed by atoms with Crippen LogP contribution in [0.1, 0.15) is 74.6 Å². The highest BCUT2D eigenvalue weighted by atomic mass is 16.6. The fourth-order valence-corrected chi connectivity index (χ4v) is 8.07. The number of aromatic nitrogens is 1. The molecule has 11 N–H and O–H groups in total. The van der Waals surface area contributed by atoms with E-state index in [1.54, 1.807) is 39.1 Å². The smallest absolute Gasteiger partial charge is 0.407 e. The number of ether oxygens (including phenoxy) is 2. The average Bonchev–Trinajstić information content (AvgIpc) is 3.85. The molecular formula is C50H58N8O10. The number of hydrogen-bond donors (Lipinski definition) is 9. The molecule has 1 heterocycles. The number of aromatic hydroxyl groups is 1. The van der Waals surface area contributed by atoms with E-state index < -0.39 is 78.4 Å². The fourth-order valence-electron chi connectivity index (χ4n) is 8.07. The quantitative estimate of drug-likeness (QED) is 0.0216. The van der Waals surface area contributed by atoms with Crippen LogP contribution in [0.3, 0.4) is 0 Å². The molecule has 1 aromatic heterocycles. The molecule has 358 valence electrons. The highest BCUT2D eigenvalue weighted by Crippen LogP contribution is 2.44. The summed E-state index contributed by atoms with van der Waals surface area (Å²) in [6.07, 6.45) is -0.132. The summed E-state index contributed by atoms with van der Waals surface area (Å²) in [7, 11) is 0. The van der Waals surface area contributed by atoms with Gasteiger partial charge in [0.25, 0.3) is 0 Å². The number of rotatable bonds is 21. The second kappa shape index (κ2) is 22.5. The van der Waals surface area contributed by atoms with E-state index in [1.165, 1.54) is 12.1 Å². The zero-order valence-electron chi connectivity index (χ0n) is 38.1. The van der Waals surface area contributed by atoms with Crippen LogP contribution >= 0.6 is 0 Å². The van der Waals surface area contributed by atoms with Gasteiger partial charge in [-0.1, -0.05) is 78.9 Å². The lowest BCUT2D eigenvalue weighted by molar-refractivity contribution is -0.158. The van der Waals surface area contributed by atoms with E-state index in [0.29, 0.717) is 11.1 Å². The average molecular weight is 931 g/mol. The first-order valence-electron chi connectivity index (χ1n) is 22.3. The number of aliphatic imine (C=N–C) groups is 1. The van der Waals surface area contributed by atoms with Crippen molar-refractivity contribution in [3.05, 3.63) is 126 Å². The first kappa shape index (κ1) is 49.5. The van der Waals surface area contributed by atoms with Gasteiger partial charge in [-0.3, -0.25) is 24.2 Å². The first-order valence-corrected chi connectivity index (χ1v) is 22.3. The van der Waals surface area contributed by atoms with Gasteiger partial charge in [0.2, 0.25) is 17.7 Å². The maximum atomic E-state index is 14.4. The summed E-state index contributed by atoms with van der Waals surface area (Å²) in [5.41, 5.74) is 16.2. The van der Waals surface area contributed by atoms with Gasteiger partial charge in [0.15, 0.2) is 5.96 Å². The number of carboxylic acids is 1. The minimum Gasteiger partial charge on any atom is -0.508 e. The van der Waals surface area contributed by atoms with Crippen molar-refractivity contribution < 1.29 is 48.5 Å². The lowest BCUT2D eigenvalue weighted by atomic mass is 9.98. The highest BCUT2D eigenvalue weighted by Gasteiger charge is 2.35. The predicted octanol–water partition coefficient (Wildman–Crippen LogP) is 4.28. The molecule has 5 aromatic rings. The first-order chi connectivity index (χ1) is 32.4. The molecule has 0 aliphatic heterocycles. The molecule has 68 heavy (non-hydrogen) atoms. The summed E-state index contributed by atoms with van der Waals surface area (Å²) in [6.45, 7) is 5.03. The second-order valence-corrected chi connectivity index (χ2v) is 17.6. The van der Waals surface area contributed by atoms with Gasteiger partial charge < -0.3 is 57.4 Å². The predicted molar refractivity (Wildman–Crippen MR) is 254 cm³/mol. The lowest BCUT2D eigenvalue weighted by Crippen LogP contribution is -2.58. The van der Waals surface area contributed by atoms with Crippen LogP contribution in [0.2, 0.25) is 0 Å². The Morgan fingerprint density at radius 3 is 1.91 bits per heavy atom. The maximum absolute atomic E-state index is 14.4. The van der Waals surface area contributed by atoms with E-state index in [4.69, 9.17) is 20.9 Å². The maximum Gasteiger partial charge on any atom is 0.407 e. The van der Waals surface area contributed by atoms with Crippen LogP contribution in [0.5, 0.6) is 5.75 Å². The number of nitrogens with zero attached hydrogens (tertiary/aromatic N) is 1. The lowest BCUT2D eigenvalue weighted by Gasteiger charge is -2.28. The zero-order chi connectivity index (χ0) is 49.0. The van der Waals surface area contributed by atoms with Crippen LogP contribution in [-0.4, -0.2) is 99.8 Å². The molecule has 4 atom stereocenters. The molecule has 1 aliphatic carbocycles. The number of phenolic OH excluding ortho intramolecular Hbond substituents is 1. The van der Waals surface area contributed by atoms with E-state index >= 15 is 0 Å². The third-order valence-electron chi connectivity index (χ3n) is 11.3. The van der Waals surface area contributed by atoms with Crippen LogP contribution in [0.15, 0.2) is 108 Å². The van der Waals surface area contributed by atoms with Gasteiger partial charge in [0.1, 0.15) is 42.1 Å². The van der Waals surface area contributed by atoms with E-state index in [-0.39, 0.29) is 56.5 Å². The summed E-state index contributed by atoms with van der Waals surface area (Å²) in [5, 5.41) is 31.0. The Bertz CT molecular complexity index is 2590. The molecule has 6 rings (SSSR count). The number of para-hydroxylation sites is 1. The number of carboxylic acid groups (broad SMARTS) is 1. The van der Waals surface area contributed by atoms with Gasteiger partial charge in [0.05, 0.1) is 0 Å². The van der Waals surface area contributed by atoms with Crippen LogP contribution in [0, 0.1) is 0 Å². The van der Waals surface area contributed by atoms with Crippen molar-refractivity contribution in [2.24, 2.45) is 16.5 Å². The topological polar surface area (TPSA) is 290 Å². The molecule has 1 aliphatic rings. The van der Waals surface area contributed by atoms with Crippen molar-refractivity contribution in [1.82, 2.24) is 26.3 Å². The SMILES string of the molecule is CC(C)(C)OC(=O)[C@H](Cc1ccc(O)cc1)NC(=O)[C@H](CCCN=C(N)N)NC(=O)[C@H](CCC(=O)O)NC(=O)[C@H](Cc1c[nH]c2ccccc12)NC(=O)OCC1c2ccccc2-c2ccccc21. The molecule has 4 amide bonds. The monoisotopic (exact) mass is 930 g/mol. The number of nitrogens with two attached hydrogens (primary N) is 2. The molecule has 18 nitrogen and oxygen atoms in total. The van der Waals surface area contributed by atoms with Gasteiger partial charge in [0, 0.05) is 48.8 Å². The van der Waals surface area contributed by atoms with E-state index in [1.807, 2.05) is 72.8 Å². The third-order valence-corrected chi connectivity index (χ3v) is 11.3. The van der Waals surface area contributed by atoms with Crippen molar-refractivity contribution in [3.63, 3.8) is 0 Å². The number of esters is 1. The summed E-state index contributed by atoms with van der Waals surface area (Å²) in [4.78, 5) is 89.0. The Hall–Kier alpha value is -7.89. The Morgan fingerprint density at radius 2 is 1.29 bits per heavy atom. The minimum atomic E-state index is -1.53. The molecule has 0 spiro atoms. The van der Waals surface area contributed by atoms with Crippen molar-refractivity contribution in [2.75, 3.05) is 13.2 Å². The van der Waals surface area contributed by atoms with Gasteiger partial charge in [-0.2, -0.15) is 0 Å². The Labute approximate surface area is 393 Å². The van der Waals surface area contributed by atoms with Crippen molar-refractivity contribution in [3.8, 4) is 16.9 Å².